The number of sulfone groups is 1. The van der Waals surface area contributed by atoms with Crippen LogP contribution in [-0.4, -0.2) is 55.9 Å². The van der Waals surface area contributed by atoms with Crippen molar-refractivity contribution in [3.05, 3.63) is 0 Å². The Kier molecular flexibility index (Phi) is 5.59. The summed E-state index contributed by atoms with van der Waals surface area (Å²) in [5.41, 5.74) is 0. The van der Waals surface area contributed by atoms with E-state index < -0.39 is 15.1 Å². The number of nitrogens with one attached hydrogen (secondary N) is 1. The molecule has 1 aliphatic heterocycles. The zero-order valence-electron chi connectivity index (χ0n) is 11.5. The number of rotatable bonds is 6. The van der Waals surface area contributed by atoms with Crippen LogP contribution in [0.3, 0.4) is 0 Å². The van der Waals surface area contributed by atoms with Crippen LogP contribution in [-0.2, 0) is 14.6 Å². The topological polar surface area (TPSA) is 66.5 Å². The highest BCUT2D eigenvalue weighted by molar-refractivity contribution is 7.92. The van der Waals surface area contributed by atoms with Crippen LogP contribution in [0, 0.1) is 0 Å². The van der Waals surface area contributed by atoms with Crippen molar-refractivity contribution in [3.63, 3.8) is 0 Å². The minimum Gasteiger partial charge on any atom is -0.338 e. The lowest BCUT2D eigenvalue weighted by Crippen LogP contribution is -2.45. The molecule has 1 saturated heterocycles. The molecule has 0 aliphatic carbocycles. The highest BCUT2D eigenvalue weighted by Gasteiger charge is 2.29. The van der Waals surface area contributed by atoms with Gasteiger partial charge in [0.1, 0.15) is 5.75 Å². The first-order valence-corrected chi connectivity index (χ1v) is 8.31. The molecular weight excluding hydrogens is 252 g/mol. The van der Waals surface area contributed by atoms with E-state index in [1.165, 1.54) is 0 Å². The largest absolute Gasteiger partial charge is 0.338 e. The summed E-state index contributed by atoms with van der Waals surface area (Å²) in [6.07, 6.45) is 1.76. The highest BCUT2D eigenvalue weighted by atomic mass is 32.2. The third kappa shape index (κ3) is 3.95. The first kappa shape index (κ1) is 15.4. The maximum absolute atomic E-state index is 12.2. The maximum Gasteiger partial charge on any atom is 0.238 e. The lowest BCUT2D eigenvalue weighted by atomic mass is 10.2. The zero-order valence-corrected chi connectivity index (χ0v) is 12.3. The SMILES string of the molecule is CCCN(C(=O)CS(=O)(=O)C(C)C)C1CCNC1. The average molecular weight is 276 g/mol. The zero-order chi connectivity index (χ0) is 13.8. The van der Waals surface area contributed by atoms with Gasteiger partial charge >= 0.3 is 0 Å². The van der Waals surface area contributed by atoms with Crippen molar-refractivity contribution in [1.29, 1.82) is 0 Å². The van der Waals surface area contributed by atoms with Crippen LogP contribution in [0.1, 0.15) is 33.6 Å². The molecule has 1 atom stereocenters. The third-order valence-electron chi connectivity index (χ3n) is 3.30. The number of hydrogen-bond acceptors (Lipinski definition) is 4. The standard InChI is InChI=1S/C12H24N2O3S/c1-4-7-14(11-5-6-13-8-11)12(15)9-18(16,17)10(2)3/h10-11,13H,4-9H2,1-3H3. The van der Waals surface area contributed by atoms with Crippen molar-refractivity contribution in [2.24, 2.45) is 0 Å². The van der Waals surface area contributed by atoms with E-state index in [2.05, 4.69) is 5.32 Å². The van der Waals surface area contributed by atoms with Gasteiger partial charge in [-0.25, -0.2) is 8.42 Å². The molecule has 1 N–H and O–H groups in total. The van der Waals surface area contributed by atoms with Crippen molar-refractivity contribution < 1.29 is 13.2 Å². The van der Waals surface area contributed by atoms with Crippen molar-refractivity contribution in [3.8, 4) is 0 Å². The van der Waals surface area contributed by atoms with Crippen LogP contribution in [0.25, 0.3) is 0 Å². The summed E-state index contributed by atoms with van der Waals surface area (Å²) < 4.78 is 23.6. The molecule has 6 heteroatoms. The van der Waals surface area contributed by atoms with Gasteiger partial charge in [0.05, 0.1) is 5.25 Å². The molecule has 0 aromatic rings. The van der Waals surface area contributed by atoms with E-state index >= 15 is 0 Å². The predicted molar refractivity (Wildman–Crippen MR) is 72.2 cm³/mol. The molecule has 0 saturated carbocycles. The number of amides is 1. The Labute approximate surface area is 110 Å². The molecule has 18 heavy (non-hydrogen) atoms. The normalized spacial score (nSPS) is 20.3. The summed E-state index contributed by atoms with van der Waals surface area (Å²) in [7, 11) is -3.30. The van der Waals surface area contributed by atoms with Gasteiger partial charge in [-0.1, -0.05) is 6.92 Å². The van der Waals surface area contributed by atoms with Gasteiger partial charge in [-0.05, 0) is 33.2 Å². The van der Waals surface area contributed by atoms with Crippen molar-refractivity contribution in [2.75, 3.05) is 25.4 Å². The number of nitrogens with zero attached hydrogens (tertiary/aromatic N) is 1. The molecule has 1 fully saturated rings. The summed E-state index contributed by atoms with van der Waals surface area (Å²) in [6, 6.07) is 0.153. The maximum atomic E-state index is 12.2. The third-order valence-corrected chi connectivity index (χ3v) is 5.39. The van der Waals surface area contributed by atoms with Gasteiger partial charge in [0.15, 0.2) is 9.84 Å². The van der Waals surface area contributed by atoms with E-state index in [-0.39, 0.29) is 17.7 Å². The lowest BCUT2D eigenvalue weighted by Gasteiger charge is -2.28. The fourth-order valence-corrected chi connectivity index (χ4v) is 2.92. The first-order chi connectivity index (χ1) is 8.38. The number of hydrogen-bond donors (Lipinski definition) is 1. The minimum absolute atomic E-state index is 0.153. The quantitative estimate of drug-likeness (QED) is 0.763. The molecule has 0 aromatic carbocycles. The van der Waals surface area contributed by atoms with Gasteiger partial charge in [-0.15, -0.1) is 0 Å². The Morgan fingerprint density at radius 3 is 2.56 bits per heavy atom. The van der Waals surface area contributed by atoms with Crippen LogP contribution in [0.2, 0.25) is 0 Å². The van der Waals surface area contributed by atoms with Gasteiger partial charge in [0.25, 0.3) is 0 Å². The molecule has 1 aliphatic rings. The second-order valence-corrected chi connectivity index (χ2v) is 7.65. The van der Waals surface area contributed by atoms with Gasteiger partial charge in [0.2, 0.25) is 5.91 Å². The molecule has 0 bridgehead atoms. The van der Waals surface area contributed by atoms with Gasteiger partial charge in [-0.2, -0.15) is 0 Å². The van der Waals surface area contributed by atoms with Crippen LogP contribution in [0.4, 0.5) is 0 Å². The van der Waals surface area contributed by atoms with E-state index in [0.29, 0.717) is 6.54 Å². The van der Waals surface area contributed by atoms with Crippen molar-refractivity contribution in [2.45, 2.75) is 44.9 Å². The number of carbonyl (C=O) groups excluding carboxylic acids is 1. The molecule has 1 rings (SSSR count). The summed E-state index contributed by atoms with van der Waals surface area (Å²) in [5, 5.41) is 2.71. The molecule has 1 amide bonds. The fourth-order valence-electron chi connectivity index (χ4n) is 2.08. The number of carbonyl (C=O) groups is 1. The van der Waals surface area contributed by atoms with Crippen molar-refractivity contribution in [1.82, 2.24) is 10.2 Å². The van der Waals surface area contributed by atoms with E-state index in [1.807, 2.05) is 6.92 Å². The average Bonchev–Trinajstić information content (AvgIpc) is 2.77. The van der Waals surface area contributed by atoms with Crippen LogP contribution < -0.4 is 5.32 Å². The van der Waals surface area contributed by atoms with E-state index in [4.69, 9.17) is 0 Å². The molecule has 1 unspecified atom stereocenters. The summed E-state index contributed by atoms with van der Waals surface area (Å²) >= 11 is 0. The van der Waals surface area contributed by atoms with E-state index in [0.717, 1.165) is 25.9 Å². The molecule has 1 heterocycles. The monoisotopic (exact) mass is 276 g/mol. The molecule has 5 nitrogen and oxygen atoms in total. The Bertz CT molecular complexity index is 373. The predicted octanol–water partition coefficient (Wildman–Crippen LogP) is 0.410. The Morgan fingerprint density at radius 2 is 2.11 bits per heavy atom. The van der Waals surface area contributed by atoms with Crippen LogP contribution in [0.5, 0.6) is 0 Å². The molecular formula is C12H24N2O3S. The molecule has 0 spiro atoms. The lowest BCUT2D eigenvalue weighted by molar-refractivity contribution is -0.130. The first-order valence-electron chi connectivity index (χ1n) is 6.60. The highest BCUT2D eigenvalue weighted by Crippen LogP contribution is 2.12. The molecule has 106 valence electrons. The van der Waals surface area contributed by atoms with Crippen LogP contribution in [0.15, 0.2) is 0 Å². The second kappa shape index (κ2) is 6.52. The van der Waals surface area contributed by atoms with Gasteiger partial charge in [-0.3, -0.25) is 4.79 Å². The summed E-state index contributed by atoms with van der Waals surface area (Å²) in [4.78, 5) is 13.9. The van der Waals surface area contributed by atoms with Gasteiger partial charge < -0.3 is 10.2 Å². The molecule has 0 aromatic heterocycles. The second-order valence-electron chi connectivity index (χ2n) is 5.09. The Hall–Kier alpha value is -0.620. The molecule has 0 radical (unpaired) electrons. The summed E-state index contributed by atoms with van der Waals surface area (Å²) in [5.74, 6) is -0.611. The van der Waals surface area contributed by atoms with E-state index in [1.54, 1.807) is 18.7 Å². The van der Waals surface area contributed by atoms with Crippen molar-refractivity contribution >= 4 is 15.7 Å². The fraction of sp³-hybridized carbons (Fsp3) is 0.917. The summed E-state index contributed by atoms with van der Waals surface area (Å²) in [6.45, 7) is 7.54. The smallest absolute Gasteiger partial charge is 0.238 e. The van der Waals surface area contributed by atoms with Crippen LogP contribution >= 0.6 is 0 Å². The van der Waals surface area contributed by atoms with Gasteiger partial charge in [0, 0.05) is 19.1 Å². The Balaban J connectivity index is 2.71. The minimum atomic E-state index is -3.30. The van der Waals surface area contributed by atoms with E-state index in [9.17, 15) is 13.2 Å². The Morgan fingerprint density at radius 1 is 1.44 bits per heavy atom.